The first-order valence-corrected chi connectivity index (χ1v) is 5.19. The van der Waals surface area contributed by atoms with Crippen LogP contribution in [0.5, 0.6) is 0 Å². The van der Waals surface area contributed by atoms with Crippen molar-refractivity contribution in [2.45, 2.75) is 47.5 Å². The summed E-state index contributed by atoms with van der Waals surface area (Å²) in [6.07, 6.45) is 3.23. The second-order valence-electron chi connectivity index (χ2n) is 5.10. The summed E-state index contributed by atoms with van der Waals surface area (Å²) in [6, 6.07) is 0. The number of hydrogen-bond acceptors (Lipinski definition) is 1. The Kier molecular flexibility index (Phi) is 4.89. The molecule has 1 N–H and O–H groups in total. The Bertz CT molecular complexity index is 221. The lowest BCUT2D eigenvalue weighted by atomic mass is 9.82. The van der Waals surface area contributed by atoms with E-state index in [0.29, 0.717) is 5.92 Å². The van der Waals surface area contributed by atoms with E-state index in [0.717, 1.165) is 18.4 Å². The van der Waals surface area contributed by atoms with Gasteiger partial charge in [-0.05, 0) is 24.2 Å². The number of aliphatic carboxylic acids is 1. The van der Waals surface area contributed by atoms with Crippen LogP contribution in [0.3, 0.4) is 0 Å². The van der Waals surface area contributed by atoms with Crippen LogP contribution in [0.2, 0.25) is 0 Å². The van der Waals surface area contributed by atoms with Gasteiger partial charge in [-0.25, -0.2) is 4.79 Å². The summed E-state index contributed by atoms with van der Waals surface area (Å²) in [5.41, 5.74) is 1.21. The zero-order valence-corrected chi connectivity index (χ0v) is 9.92. The predicted molar refractivity (Wildman–Crippen MR) is 59.2 cm³/mol. The Morgan fingerprint density at radius 1 is 1.43 bits per heavy atom. The molecule has 0 saturated carbocycles. The van der Waals surface area contributed by atoms with Gasteiger partial charge in [-0.15, -0.1) is 0 Å². The van der Waals surface area contributed by atoms with Crippen LogP contribution in [-0.4, -0.2) is 11.1 Å². The summed E-state index contributed by atoms with van der Waals surface area (Å²) in [5, 5.41) is 8.75. The van der Waals surface area contributed by atoms with Crippen LogP contribution in [0.15, 0.2) is 11.6 Å². The monoisotopic (exact) mass is 198 g/mol. The molecule has 0 aliphatic rings. The Morgan fingerprint density at radius 2 is 1.93 bits per heavy atom. The van der Waals surface area contributed by atoms with Gasteiger partial charge in [0.1, 0.15) is 0 Å². The number of rotatable bonds is 4. The van der Waals surface area contributed by atoms with E-state index in [9.17, 15) is 4.79 Å². The average molecular weight is 198 g/mol. The van der Waals surface area contributed by atoms with Gasteiger partial charge in [0.2, 0.25) is 0 Å². The Labute approximate surface area is 87.0 Å². The second kappa shape index (κ2) is 5.18. The molecule has 0 fully saturated rings. The van der Waals surface area contributed by atoms with Crippen molar-refractivity contribution in [1.29, 1.82) is 0 Å². The Morgan fingerprint density at radius 3 is 2.21 bits per heavy atom. The summed E-state index contributed by atoms with van der Waals surface area (Å²) < 4.78 is 0. The van der Waals surface area contributed by atoms with Crippen LogP contribution in [0, 0.1) is 11.3 Å². The van der Waals surface area contributed by atoms with E-state index in [2.05, 4.69) is 34.6 Å². The molecule has 1 atom stereocenters. The first-order valence-electron chi connectivity index (χ1n) is 5.19. The molecule has 0 bridgehead atoms. The van der Waals surface area contributed by atoms with E-state index >= 15 is 0 Å². The summed E-state index contributed by atoms with van der Waals surface area (Å²) in [4.78, 5) is 10.6. The molecule has 0 aromatic heterocycles. The molecule has 0 rings (SSSR count). The molecule has 0 aliphatic carbocycles. The van der Waals surface area contributed by atoms with E-state index in [4.69, 9.17) is 5.11 Å². The minimum Gasteiger partial charge on any atom is -0.478 e. The maximum absolute atomic E-state index is 10.6. The molecule has 14 heavy (non-hydrogen) atoms. The molecule has 2 heteroatoms. The van der Waals surface area contributed by atoms with Gasteiger partial charge in [0.15, 0.2) is 0 Å². The van der Waals surface area contributed by atoms with Gasteiger partial charge < -0.3 is 5.11 Å². The average Bonchev–Trinajstić information content (AvgIpc) is 1.98. The normalized spacial score (nSPS) is 15.4. The van der Waals surface area contributed by atoms with Gasteiger partial charge in [0, 0.05) is 6.08 Å². The Balaban J connectivity index is 4.66. The smallest absolute Gasteiger partial charge is 0.328 e. The zero-order chi connectivity index (χ0) is 11.4. The van der Waals surface area contributed by atoms with E-state index in [1.807, 2.05) is 0 Å². The molecule has 1 unspecified atom stereocenters. The highest BCUT2D eigenvalue weighted by Crippen LogP contribution is 2.29. The van der Waals surface area contributed by atoms with Gasteiger partial charge in [-0.3, -0.25) is 0 Å². The SMILES string of the molecule is CCC(C)/C(=C/C(=O)O)CC(C)(C)C. The zero-order valence-electron chi connectivity index (χ0n) is 9.92. The maximum Gasteiger partial charge on any atom is 0.328 e. The molecule has 0 saturated heterocycles. The van der Waals surface area contributed by atoms with Crippen molar-refractivity contribution in [3.63, 3.8) is 0 Å². The molecule has 0 radical (unpaired) electrons. The first-order chi connectivity index (χ1) is 6.26. The predicted octanol–water partition coefficient (Wildman–Crippen LogP) is 3.48. The topological polar surface area (TPSA) is 37.3 Å². The molecular weight excluding hydrogens is 176 g/mol. The molecule has 0 amide bonds. The van der Waals surface area contributed by atoms with Crippen LogP contribution in [0.1, 0.15) is 47.5 Å². The molecular formula is C12H22O2. The first kappa shape index (κ1) is 13.2. The number of carboxylic acids is 1. The molecule has 0 aromatic rings. The summed E-state index contributed by atoms with van der Waals surface area (Å²) in [7, 11) is 0. The second-order valence-corrected chi connectivity index (χ2v) is 5.10. The highest BCUT2D eigenvalue weighted by atomic mass is 16.4. The molecule has 0 spiro atoms. The van der Waals surface area contributed by atoms with E-state index < -0.39 is 5.97 Å². The summed E-state index contributed by atoms with van der Waals surface area (Å²) in [5.74, 6) is -0.463. The van der Waals surface area contributed by atoms with E-state index in [1.165, 1.54) is 6.08 Å². The van der Waals surface area contributed by atoms with Crippen LogP contribution >= 0.6 is 0 Å². The third-order valence-electron chi connectivity index (χ3n) is 2.29. The van der Waals surface area contributed by atoms with Crippen LogP contribution in [0.25, 0.3) is 0 Å². The number of hydrogen-bond donors (Lipinski definition) is 1. The minimum atomic E-state index is -0.829. The standard InChI is InChI=1S/C12H22O2/c1-6-9(2)10(7-11(13)14)8-12(3,4)5/h7,9H,6,8H2,1-5H3,(H,13,14)/b10-7+. The van der Waals surface area contributed by atoms with Crippen LogP contribution in [0.4, 0.5) is 0 Å². The van der Waals surface area contributed by atoms with Crippen LogP contribution in [-0.2, 0) is 4.79 Å². The third kappa shape index (κ3) is 5.79. The van der Waals surface area contributed by atoms with Gasteiger partial charge in [-0.2, -0.15) is 0 Å². The lowest BCUT2D eigenvalue weighted by Crippen LogP contribution is -2.12. The van der Waals surface area contributed by atoms with Crippen molar-refractivity contribution in [3.8, 4) is 0 Å². The van der Waals surface area contributed by atoms with Gasteiger partial charge in [0.05, 0.1) is 0 Å². The molecule has 2 nitrogen and oxygen atoms in total. The van der Waals surface area contributed by atoms with Crippen LogP contribution < -0.4 is 0 Å². The third-order valence-corrected chi connectivity index (χ3v) is 2.29. The van der Waals surface area contributed by atoms with Gasteiger partial charge in [0.25, 0.3) is 0 Å². The highest BCUT2D eigenvalue weighted by Gasteiger charge is 2.17. The number of allylic oxidation sites excluding steroid dienone is 1. The van der Waals surface area contributed by atoms with Crippen molar-refractivity contribution >= 4 is 5.97 Å². The van der Waals surface area contributed by atoms with Crippen molar-refractivity contribution in [3.05, 3.63) is 11.6 Å². The molecule has 0 aromatic carbocycles. The van der Waals surface area contributed by atoms with E-state index in [1.54, 1.807) is 0 Å². The highest BCUT2D eigenvalue weighted by molar-refractivity contribution is 5.80. The fourth-order valence-electron chi connectivity index (χ4n) is 1.40. The fraction of sp³-hybridized carbons (Fsp3) is 0.750. The maximum atomic E-state index is 10.6. The van der Waals surface area contributed by atoms with Crippen molar-refractivity contribution in [2.24, 2.45) is 11.3 Å². The van der Waals surface area contributed by atoms with Crippen molar-refractivity contribution in [2.75, 3.05) is 0 Å². The quantitative estimate of drug-likeness (QED) is 0.702. The van der Waals surface area contributed by atoms with E-state index in [-0.39, 0.29) is 5.41 Å². The number of carboxylic acid groups (broad SMARTS) is 1. The lowest BCUT2D eigenvalue weighted by molar-refractivity contribution is -0.131. The summed E-state index contributed by atoms with van der Waals surface area (Å²) >= 11 is 0. The lowest BCUT2D eigenvalue weighted by Gasteiger charge is -2.23. The number of carbonyl (C=O) groups is 1. The van der Waals surface area contributed by atoms with Gasteiger partial charge in [-0.1, -0.05) is 40.2 Å². The van der Waals surface area contributed by atoms with Crippen molar-refractivity contribution < 1.29 is 9.90 Å². The Hall–Kier alpha value is -0.790. The van der Waals surface area contributed by atoms with Crippen molar-refractivity contribution in [1.82, 2.24) is 0 Å². The molecule has 82 valence electrons. The molecule has 0 aliphatic heterocycles. The van der Waals surface area contributed by atoms with Gasteiger partial charge >= 0.3 is 5.97 Å². The summed E-state index contributed by atoms with van der Waals surface area (Å²) in [6.45, 7) is 10.6. The fourth-order valence-corrected chi connectivity index (χ4v) is 1.40. The largest absolute Gasteiger partial charge is 0.478 e. The molecule has 0 heterocycles. The minimum absolute atomic E-state index is 0.157.